The number of aromatic nitrogens is 3. The number of nitrogens with two attached hydrogens (primary N) is 2. The van der Waals surface area contributed by atoms with Crippen molar-refractivity contribution in [2.75, 3.05) is 11.5 Å². The normalized spacial score (nSPS) is 11.0. The van der Waals surface area contributed by atoms with E-state index < -0.39 is 0 Å². The maximum absolute atomic E-state index is 9.04. The second kappa shape index (κ2) is 5.25. The van der Waals surface area contributed by atoms with E-state index in [-0.39, 0.29) is 5.95 Å². The lowest BCUT2D eigenvalue weighted by Gasteiger charge is -2.08. The van der Waals surface area contributed by atoms with Crippen molar-refractivity contribution in [3.05, 3.63) is 59.8 Å². The summed E-state index contributed by atoms with van der Waals surface area (Å²) in [5, 5.41) is 10.8. The van der Waals surface area contributed by atoms with E-state index in [1.807, 2.05) is 42.6 Å². The predicted molar refractivity (Wildman–Crippen MR) is 94.1 cm³/mol. The van der Waals surface area contributed by atoms with Crippen LogP contribution in [0.1, 0.15) is 11.1 Å². The first-order valence-electron chi connectivity index (χ1n) is 7.45. The summed E-state index contributed by atoms with van der Waals surface area (Å²) in [4.78, 5) is 8.31. The SMILES string of the molecule is N#Cc1cccc(Cn2ccc3c4c(N)nc(N)nc4ccc32)c1. The lowest BCUT2D eigenvalue weighted by Crippen LogP contribution is -2.01. The van der Waals surface area contributed by atoms with Gasteiger partial charge in [-0.05, 0) is 35.9 Å². The van der Waals surface area contributed by atoms with Crippen molar-refractivity contribution < 1.29 is 0 Å². The predicted octanol–water partition coefficient (Wildman–Crippen LogP) is 2.67. The fourth-order valence-electron chi connectivity index (χ4n) is 3.02. The minimum atomic E-state index is 0.173. The molecule has 4 N–H and O–H groups in total. The smallest absolute Gasteiger partial charge is 0.222 e. The van der Waals surface area contributed by atoms with Gasteiger partial charge in [-0.1, -0.05) is 12.1 Å². The second-order valence-electron chi connectivity index (χ2n) is 5.62. The highest BCUT2D eigenvalue weighted by atomic mass is 15.0. The molecule has 0 saturated carbocycles. The fraction of sp³-hybridized carbons (Fsp3) is 0.0556. The van der Waals surface area contributed by atoms with Crippen LogP contribution in [0.4, 0.5) is 11.8 Å². The van der Waals surface area contributed by atoms with E-state index in [1.54, 1.807) is 6.07 Å². The number of benzene rings is 2. The van der Waals surface area contributed by atoms with E-state index >= 15 is 0 Å². The van der Waals surface area contributed by atoms with Gasteiger partial charge in [0.15, 0.2) is 0 Å². The minimum Gasteiger partial charge on any atom is -0.383 e. The maximum Gasteiger partial charge on any atom is 0.222 e. The number of fused-ring (bicyclic) bond motifs is 3. The Morgan fingerprint density at radius 3 is 2.79 bits per heavy atom. The van der Waals surface area contributed by atoms with Gasteiger partial charge in [0.25, 0.3) is 0 Å². The standard InChI is InChI=1S/C18H14N6/c19-9-11-2-1-3-12(8-11)10-24-7-6-13-15(24)5-4-14-16(13)17(20)23-18(21)22-14/h1-8H,10H2,(H4,20,21,22,23). The Morgan fingerprint density at radius 1 is 1.08 bits per heavy atom. The van der Waals surface area contributed by atoms with Crippen molar-refractivity contribution in [2.45, 2.75) is 6.54 Å². The first kappa shape index (κ1) is 14.0. The highest BCUT2D eigenvalue weighted by Crippen LogP contribution is 2.29. The average molecular weight is 314 g/mol. The largest absolute Gasteiger partial charge is 0.383 e. The molecule has 0 amide bonds. The third-order valence-corrected chi connectivity index (χ3v) is 4.07. The second-order valence-corrected chi connectivity index (χ2v) is 5.62. The molecule has 0 aliphatic rings. The zero-order chi connectivity index (χ0) is 16.7. The van der Waals surface area contributed by atoms with Crippen LogP contribution in [0.15, 0.2) is 48.7 Å². The van der Waals surface area contributed by atoms with Gasteiger partial charge in [0.2, 0.25) is 5.95 Å². The van der Waals surface area contributed by atoms with Gasteiger partial charge in [0.05, 0.1) is 22.5 Å². The van der Waals surface area contributed by atoms with Crippen LogP contribution in [0, 0.1) is 11.3 Å². The molecule has 0 unspecified atom stereocenters. The third-order valence-electron chi connectivity index (χ3n) is 4.07. The van der Waals surface area contributed by atoms with Crippen LogP contribution in [0.5, 0.6) is 0 Å². The quantitative estimate of drug-likeness (QED) is 0.591. The summed E-state index contributed by atoms with van der Waals surface area (Å²) < 4.78 is 2.11. The van der Waals surface area contributed by atoms with Crippen molar-refractivity contribution in [2.24, 2.45) is 0 Å². The topological polar surface area (TPSA) is 107 Å². The molecular weight excluding hydrogens is 300 g/mol. The van der Waals surface area contributed by atoms with Gasteiger partial charge >= 0.3 is 0 Å². The molecule has 0 saturated heterocycles. The van der Waals surface area contributed by atoms with E-state index in [2.05, 4.69) is 20.6 Å². The van der Waals surface area contributed by atoms with E-state index in [0.29, 0.717) is 17.9 Å². The van der Waals surface area contributed by atoms with Crippen LogP contribution in [-0.2, 0) is 6.54 Å². The molecule has 4 aromatic rings. The van der Waals surface area contributed by atoms with Gasteiger partial charge < -0.3 is 16.0 Å². The molecule has 24 heavy (non-hydrogen) atoms. The van der Waals surface area contributed by atoms with E-state index in [1.165, 1.54) is 0 Å². The molecule has 4 rings (SSSR count). The Kier molecular flexibility index (Phi) is 3.07. The summed E-state index contributed by atoms with van der Waals surface area (Å²) in [6.07, 6.45) is 2.00. The summed E-state index contributed by atoms with van der Waals surface area (Å²) >= 11 is 0. The van der Waals surface area contributed by atoms with Crippen LogP contribution in [0.25, 0.3) is 21.8 Å². The third kappa shape index (κ3) is 2.20. The number of nitrogens with zero attached hydrogens (tertiary/aromatic N) is 4. The van der Waals surface area contributed by atoms with E-state index in [0.717, 1.165) is 27.4 Å². The Bertz CT molecular complexity index is 1120. The zero-order valence-corrected chi connectivity index (χ0v) is 12.8. The maximum atomic E-state index is 9.04. The number of nitriles is 1. The van der Waals surface area contributed by atoms with Crippen molar-refractivity contribution in [3.63, 3.8) is 0 Å². The lowest BCUT2D eigenvalue weighted by atomic mass is 10.1. The van der Waals surface area contributed by atoms with Gasteiger partial charge in [-0.15, -0.1) is 0 Å². The zero-order valence-electron chi connectivity index (χ0n) is 12.8. The molecule has 0 fully saturated rings. The van der Waals surface area contributed by atoms with Crippen LogP contribution in [-0.4, -0.2) is 14.5 Å². The Labute approximate surface area is 138 Å². The van der Waals surface area contributed by atoms with E-state index in [4.69, 9.17) is 16.7 Å². The number of hydrogen-bond acceptors (Lipinski definition) is 5. The minimum absolute atomic E-state index is 0.173. The number of hydrogen-bond donors (Lipinski definition) is 2. The number of nitrogen functional groups attached to an aromatic ring is 2. The molecule has 0 atom stereocenters. The monoisotopic (exact) mass is 314 g/mol. The molecule has 6 heteroatoms. The summed E-state index contributed by atoms with van der Waals surface area (Å²) in [6, 6.07) is 15.7. The van der Waals surface area contributed by atoms with Crippen molar-refractivity contribution in [3.8, 4) is 6.07 Å². The summed E-state index contributed by atoms with van der Waals surface area (Å²) in [7, 11) is 0. The van der Waals surface area contributed by atoms with Crippen LogP contribution in [0.2, 0.25) is 0 Å². The van der Waals surface area contributed by atoms with Crippen molar-refractivity contribution in [1.29, 1.82) is 5.26 Å². The summed E-state index contributed by atoms with van der Waals surface area (Å²) in [6.45, 7) is 0.667. The fourth-order valence-corrected chi connectivity index (χ4v) is 3.02. The first-order valence-corrected chi connectivity index (χ1v) is 7.45. The number of rotatable bonds is 2. The van der Waals surface area contributed by atoms with E-state index in [9.17, 15) is 0 Å². The van der Waals surface area contributed by atoms with Gasteiger partial charge in [0.1, 0.15) is 5.82 Å². The molecule has 0 aliphatic carbocycles. The molecule has 0 radical (unpaired) electrons. The molecule has 2 aromatic carbocycles. The Morgan fingerprint density at radius 2 is 1.96 bits per heavy atom. The van der Waals surface area contributed by atoms with Gasteiger partial charge in [-0.2, -0.15) is 10.2 Å². The van der Waals surface area contributed by atoms with Crippen LogP contribution < -0.4 is 11.5 Å². The van der Waals surface area contributed by atoms with Crippen LogP contribution in [0.3, 0.4) is 0 Å². The average Bonchev–Trinajstić information content (AvgIpc) is 2.97. The van der Waals surface area contributed by atoms with Crippen LogP contribution >= 0.6 is 0 Å². The molecule has 0 aliphatic heterocycles. The van der Waals surface area contributed by atoms with Crippen molar-refractivity contribution >= 4 is 33.6 Å². The van der Waals surface area contributed by atoms with Gasteiger partial charge in [-0.25, -0.2) is 4.98 Å². The van der Waals surface area contributed by atoms with Gasteiger partial charge in [-0.3, -0.25) is 0 Å². The molecule has 0 spiro atoms. The molecule has 0 bridgehead atoms. The van der Waals surface area contributed by atoms with Gasteiger partial charge in [0, 0.05) is 23.6 Å². The van der Waals surface area contributed by atoms with Crippen molar-refractivity contribution in [1.82, 2.24) is 14.5 Å². The summed E-state index contributed by atoms with van der Waals surface area (Å²) in [5.74, 6) is 0.555. The highest BCUT2D eigenvalue weighted by Gasteiger charge is 2.11. The molecule has 116 valence electrons. The molecule has 6 nitrogen and oxygen atoms in total. The molecular formula is C18H14N6. The Hall–Kier alpha value is -3.59. The highest BCUT2D eigenvalue weighted by molar-refractivity contribution is 6.10. The lowest BCUT2D eigenvalue weighted by molar-refractivity contribution is 0.836. The number of anilines is 2. The molecule has 2 aromatic heterocycles. The Balaban J connectivity index is 1.86. The first-order chi connectivity index (χ1) is 11.7. The summed E-state index contributed by atoms with van der Waals surface area (Å²) in [5.41, 5.74) is 15.2. The molecule has 2 heterocycles.